The minimum atomic E-state index is -0.827. The molecular weight excluding hydrogens is 450 g/mol. The predicted molar refractivity (Wildman–Crippen MR) is 132 cm³/mol. The van der Waals surface area contributed by atoms with Gasteiger partial charge in [-0.05, 0) is 47.9 Å². The van der Waals surface area contributed by atoms with E-state index < -0.39 is 6.10 Å². The molecule has 34 heavy (non-hydrogen) atoms. The fourth-order valence-corrected chi connectivity index (χ4v) is 4.51. The van der Waals surface area contributed by atoms with Crippen molar-refractivity contribution in [1.29, 1.82) is 0 Å². The summed E-state index contributed by atoms with van der Waals surface area (Å²) in [5, 5.41) is 16.6. The zero-order chi connectivity index (χ0) is 23.8. The molecule has 5 aromatic rings. The maximum atomic E-state index is 11.0. The van der Waals surface area contributed by atoms with Crippen LogP contribution in [0.4, 0.5) is 0 Å². The van der Waals surface area contributed by atoms with Crippen LogP contribution in [0.3, 0.4) is 0 Å². The summed E-state index contributed by atoms with van der Waals surface area (Å²) >= 11 is 6.96. The smallest absolute Gasteiger partial charge is 0.218 e. The third-order valence-corrected chi connectivity index (χ3v) is 6.46. The van der Waals surface area contributed by atoms with Gasteiger partial charge in [0, 0.05) is 36.8 Å². The van der Waals surface area contributed by atoms with E-state index in [-0.39, 0.29) is 0 Å². The number of aryl methyl sites for hydroxylation is 2. The maximum Gasteiger partial charge on any atom is 0.218 e. The van der Waals surface area contributed by atoms with Crippen LogP contribution in [-0.4, -0.2) is 36.5 Å². The highest BCUT2D eigenvalue weighted by Gasteiger charge is 2.20. The molecule has 1 atom stereocenters. The van der Waals surface area contributed by atoms with Crippen molar-refractivity contribution < 1.29 is 9.84 Å². The number of aliphatic hydroxyl groups excluding tert-OH is 1. The lowest BCUT2D eigenvalue weighted by molar-refractivity contribution is 0.211. The molecule has 0 aliphatic rings. The average Bonchev–Trinajstić information content (AvgIpc) is 3.53. The molecule has 1 unspecified atom stereocenters. The second kappa shape index (κ2) is 8.93. The molecule has 2 aromatic carbocycles. The monoisotopic (exact) mass is 473 g/mol. The summed E-state index contributed by atoms with van der Waals surface area (Å²) in [6, 6.07) is 13.8. The van der Waals surface area contributed by atoms with E-state index in [9.17, 15) is 5.11 Å². The molecular formula is C26H24ClN5O2. The van der Waals surface area contributed by atoms with Crippen molar-refractivity contribution in [2.45, 2.75) is 19.4 Å². The number of ether oxygens (including phenoxy) is 1. The van der Waals surface area contributed by atoms with Crippen LogP contribution in [0.25, 0.3) is 16.6 Å². The quantitative estimate of drug-likeness (QED) is 0.383. The number of aromatic nitrogens is 5. The molecule has 172 valence electrons. The summed E-state index contributed by atoms with van der Waals surface area (Å²) in [6.07, 6.45) is 6.71. The molecule has 0 fully saturated rings. The summed E-state index contributed by atoms with van der Waals surface area (Å²) in [5.41, 5.74) is 5.94. The number of methoxy groups -OCH3 is 1. The highest BCUT2D eigenvalue weighted by molar-refractivity contribution is 6.36. The number of halogens is 1. The van der Waals surface area contributed by atoms with Gasteiger partial charge >= 0.3 is 0 Å². The first-order valence-corrected chi connectivity index (χ1v) is 11.2. The molecule has 0 bridgehead atoms. The van der Waals surface area contributed by atoms with Gasteiger partial charge in [0.05, 0.1) is 41.6 Å². The van der Waals surface area contributed by atoms with Crippen LogP contribution in [0.2, 0.25) is 5.02 Å². The van der Waals surface area contributed by atoms with Gasteiger partial charge in [0.1, 0.15) is 6.10 Å². The topological polar surface area (TPSA) is 78.0 Å². The van der Waals surface area contributed by atoms with Crippen LogP contribution in [0.1, 0.15) is 34.1 Å². The van der Waals surface area contributed by atoms with Gasteiger partial charge in [-0.1, -0.05) is 29.8 Å². The Morgan fingerprint density at radius 2 is 1.97 bits per heavy atom. The van der Waals surface area contributed by atoms with Crippen LogP contribution in [0, 0.1) is 6.92 Å². The van der Waals surface area contributed by atoms with Crippen LogP contribution in [-0.2, 0) is 13.5 Å². The van der Waals surface area contributed by atoms with Gasteiger partial charge in [-0.3, -0.25) is 0 Å². The molecule has 0 aliphatic heterocycles. The van der Waals surface area contributed by atoms with Gasteiger partial charge < -0.3 is 14.4 Å². The number of nitrogens with zero attached hydrogens (tertiary/aromatic N) is 5. The number of hydrogen-bond donors (Lipinski definition) is 1. The Balaban J connectivity index is 1.56. The molecule has 8 heteroatoms. The number of imidazole rings is 1. The molecule has 0 saturated carbocycles. The van der Waals surface area contributed by atoms with Gasteiger partial charge in [-0.25, -0.2) is 14.6 Å². The lowest BCUT2D eigenvalue weighted by Gasteiger charge is -2.17. The molecule has 3 aromatic heterocycles. The summed E-state index contributed by atoms with van der Waals surface area (Å²) in [6.45, 7) is 1.96. The van der Waals surface area contributed by atoms with Gasteiger partial charge in [0.15, 0.2) is 0 Å². The zero-order valence-corrected chi connectivity index (χ0v) is 19.9. The molecule has 3 heterocycles. The van der Waals surface area contributed by atoms with Crippen LogP contribution in [0.5, 0.6) is 5.88 Å². The third kappa shape index (κ3) is 3.93. The first kappa shape index (κ1) is 22.1. The number of pyridine rings is 1. The molecule has 0 aliphatic carbocycles. The minimum absolute atomic E-state index is 0.497. The van der Waals surface area contributed by atoms with Gasteiger partial charge in [-0.15, -0.1) is 0 Å². The Morgan fingerprint density at radius 1 is 1.18 bits per heavy atom. The second-order valence-electron chi connectivity index (χ2n) is 8.27. The molecule has 7 nitrogen and oxygen atoms in total. The van der Waals surface area contributed by atoms with E-state index in [0.717, 1.165) is 38.8 Å². The first-order valence-electron chi connectivity index (χ1n) is 10.9. The van der Waals surface area contributed by atoms with Crippen molar-refractivity contribution >= 4 is 22.5 Å². The summed E-state index contributed by atoms with van der Waals surface area (Å²) in [7, 11) is 3.46. The number of fused-ring (bicyclic) bond motifs is 1. The van der Waals surface area contributed by atoms with E-state index in [4.69, 9.17) is 21.3 Å². The third-order valence-electron chi connectivity index (χ3n) is 6.03. The Bertz CT molecular complexity index is 1460. The van der Waals surface area contributed by atoms with Crippen molar-refractivity contribution in [1.82, 2.24) is 24.3 Å². The molecule has 0 amide bonds. The van der Waals surface area contributed by atoms with E-state index in [1.165, 1.54) is 0 Å². The molecule has 0 spiro atoms. The van der Waals surface area contributed by atoms with E-state index in [1.807, 2.05) is 67.3 Å². The second-order valence-corrected chi connectivity index (χ2v) is 8.65. The fourth-order valence-electron chi connectivity index (χ4n) is 4.22. The molecule has 0 radical (unpaired) electrons. The molecule has 0 saturated heterocycles. The number of rotatable bonds is 6. The Morgan fingerprint density at radius 3 is 2.62 bits per heavy atom. The molecule has 1 N–H and O–H groups in total. The van der Waals surface area contributed by atoms with E-state index in [2.05, 4.69) is 10.1 Å². The van der Waals surface area contributed by atoms with Gasteiger partial charge in [0.25, 0.3) is 0 Å². The largest absolute Gasteiger partial charge is 0.481 e. The van der Waals surface area contributed by atoms with Crippen molar-refractivity contribution in [2.24, 2.45) is 7.05 Å². The summed E-state index contributed by atoms with van der Waals surface area (Å²) in [4.78, 5) is 8.89. The summed E-state index contributed by atoms with van der Waals surface area (Å²) < 4.78 is 9.24. The summed E-state index contributed by atoms with van der Waals surface area (Å²) in [5.74, 6) is 0.497. The normalized spacial score (nSPS) is 12.3. The number of aliphatic hydroxyl groups is 1. The van der Waals surface area contributed by atoms with Gasteiger partial charge in [0.2, 0.25) is 5.88 Å². The van der Waals surface area contributed by atoms with Crippen molar-refractivity contribution in [2.75, 3.05) is 7.11 Å². The SMILES string of the molecule is COc1nc2c(C)cc(C(O)c3cncn3C)cc2c(Cl)c1Cc1ccc(-n2cccn2)cc1. The van der Waals surface area contributed by atoms with Crippen LogP contribution < -0.4 is 4.74 Å². The fraction of sp³-hybridized carbons (Fsp3) is 0.192. The van der Waals surface area contributed by atoms with Crippen molar-refractivity contribution in [3.05, 3.63) is 100 Å². The van der Waals surface area contributed by atoms with E-state index in [0.29, 0.717) is 23.0 Å². The highest BCUT2D eigenvalue weighted by atomic mass is 35.5. The predicted octanol–water partition coefficient (Wildman–Crippen LogP) is 4.80. The highest BCUT2D eigenvalue weighted by Crippen LogP contribution is 2.37. The van der Waals surface area contributed by atoms with E-state index >= 15 is 0 Å². The Hall–Kier alpha value is -3.68. The van der Waals surface area contributed by atoms with Crippen molar-refractivity contribution in [3.8, 4) is 11.6 Å². The number of benzene rings is 2. The van der Waals surface area contributed by atoms with E-state index in [1.54, 1.807) is 30.4 Å². The lowest BCUT2D eigenvalue weighted by atomic mass is 9.98. The Labute approximate surface area is 202 Å². The standard InChI is InChI=1S/C26H24ClN5O2/c1-16-11-18(25(33)22-14-28-15-31(22)2)13-20-23(27)21(26(34-3)30-24(16)20)12-17-5-7-19(8-6-17)32-10-4-9-29-32/h4-11,13-15,25,33H,12H2,1-3H3. The van der Waals surface area contributed by atoms with Crippen molar-refractivity contribution in [3.63, 3.8) is 0 Å². The Kier molecular flexibility index (Phi) is 5.81. The zero-order valence-electron chi connectivity index (χ0n) is 19.1. The van der Waals surface area contributed by atoms with Crippen LogP contribution >= 0.6 is 11.6 Å². The first-order chi connectivity index (χ1) is 16.5. The van der Waals surface area contributed by atoms with Crippen LogP contribution in [0.15, 0.2) is 67.4 Å². The van der Waals surface area contributed by atoms with Gasteiger partial charge in [-0.2, -0.15) is 5.10 Å². The maximum absolute atomic E-state index is 11.0. The minimum Gasteiger partial charge on any atom is -0.481 e. The molecule has 5 rings (SSSR count). The average molecular weight is 474 g/mol. The number of hydrogen-bond acceptors (Lipinski definition) is 5. The lowest BCUT2D eigenvalue weighted by Crippen LogP contribution is -2.06.